The van der Waals surface area contributed by atoms with E-state index in [1.165, 1.54) is 0 Å². The van der Waals surface area contributed by atoms with E-state index in [1.807, 2.05) is 87.5 Å². The number of carbonyl (C=O) groups excluding carboxylic acids is 1. The van der Waals surface area contributed by atoms with Crippen LogP contribution in [-0.4, -0.2) is 16.7 Å². The highest BCUT2D eigenvalue weighted by Crippen LogP contribution is 2.35. The average molecular weight is 386 g/mol. The van der Waals surface area contributed by atoms with Gasteiger partial charge in [0.05, 0.1) is 11.9 Å². The van der Waals surface area contributed by atoms with E-state index < -0.39 is 11.7 Å². The van der Waals surface area contributed by atoms with E-state index in [4.69, 9.17) is 9.15 Å². The number of benzene rings is 3. The Kier molecular flexibility index (Phi) is 4.80. The van der Waals surface area contributed by atoms with Gasteiger partial charge in [-0.25, -0.2) is 9.78 Å². The van der Waals surface area contributed by atoms with Crippen LogP contribution in [0.4, 0.5) is 10.5 Å². The number of hydrogen-bond acceptors (Lipinski definition) is 4. The highest BCUT2D eigenvalue weighted by Gasteiger charge is 2.19. The van der Waals surface area contributed by atoms with Gasteiger partial charge in [0.25, 0.3) is 0 Å². The fourth-order valence-corrected chi connectivity index (χ4v) is 3.17. The molecule has 0 aliphatic carbocycles. The molecule has 5 nitrogen and oxygen atoms in total. The quantitative estimate of drug-likeness (QED) is 0.436. The molecule has 0 bridgehead atoms. The van der Waals surface area contributed by atoms with Gasteiger partial charge < -0.3 is 9.15 Å². The van der Waals surface area contributed by atoms with Gasteiger partial charge in [-0.3, -0.25) is 5.32 Å². The number of fused-ring (bicyclic) bond motifs is 1. The summed E-state index contributed by atoms with van der Waals surface area (Å²) < 4.78 is 11.5. The predicted octanol–water partition coefficient (Wildman–Crippen LogP) is 6.51. The number of carbonyl (C=O) groups is 1. The molecule has 29 heavy (non-hydrogen) atoms. The van der Waals surface area contributed by atoms with Crippen molar-refractivity contribution in [2.45, 2.75) is 26.4 Å². The third kappa shape index (κ3) is 4.14. The number of oxazole rings is 1. The normalized spacial score (nSPS) is 11.4. The zero-order valence-corrected chi connectivity index (χ0v) is 16.6. The zero-order valence-electron chi connectivity index (χ0n) is 16.6. The summed E-state index contributed by atoms with van der Waals surface area (Å²) in [7, 11) is 0. The maximum atomic E-state index is 12.3. The molecule has 0 saturated carbocycles. The molecular formula is C24H22N2O3. The third-order valence-electron chi connectivity index (χ3n) is 4.33. The van der Waals surface area contributed by atoms with E-state index in [-0.39, 0.29) is 0 Å². The van der Waals surface area contributed by atoms with Gasteiger partial charge in [-0.1, -0.05) is 54.6 Å². The minimum Gasteiger partial charge on any atom is -0.444 e. The molecule has 1 heterocycles. The second-order valence-electron chi connectivity index (χ2n) is 7.73. The minimum atomic E-state index is -0.579. The second kappa shape index (κ2) is 7.43. The molecule has 1 amide bonds. The lowest BCUT2D eigenvalue weighted by Crippen LogP contribution is -2.27. The van der Waals surface area contributed by atoms with Crippen molar-refractivity contribution in [3.63, 3.8) is 0 Å². The summed E-state index contributed by atoms with van der Waals surface area (Å²) in [5.74, 6) is 1.18. The second-order valence-corrected chi connectivity index (χ2v) is 7.73. The van der Waals surface area contributed by atoms with Crippen LogP contribution < -0.4 is 5.32 Å². The summed E-state index contributed by atoms with van der Waals surface area (Å²) in [6.45, 7) is 5.50. The standard InChI is InChI=1S/C24H22N2O3/c1-24(2,3)29-23(27)26-19-14-8-12-17-11-7-13-18(21(17)19)22-25-15-20(28-22)16-9-5-4-6-10-16/h4-15H,1-3H3,(H,26,27). The van der Waals surface area contributed by atoms with Crippen LogP contribution in [0.2, 0.25) is 0 Å². The van der Waals surface area contributed by atoms with Crippen molar-refractivity contribution >= 4 is 22.6 Å². The molecule has 3 aromatic carbocycles. The van der Waals surface area contributed by atoms with Gasteiger partial charge in [0.1, 0.15) is 5.60 Å². The Morgan fingerprint density at radius 2 is 1.69 bits per heavy atom. The van der Waals surface area contributed by atoms with Crippen molar-refractivity contribution < 1.29 is 13.9 Å². The highest BCUT2D eigenvalue weighted by molar-refractivity contribution is 6.07. The van der Waals surface area contributed by atoms with Crippen molar-refractivity contribution in [2.24, 2.45) is 0 Å². The van der Waals surface area contributed by atoms with E-state index in [0.717, 1.165) is 21.9 Å². The number of hydrogen-bond donors (Lipinski definition) is 1. The van der Waals surface area contributed by atoms with Crippen molar-refractivity contribution in [2.75, 3.05) is 5.32 Å². The first kappa shape index (κ1) is 18.7. The van der Waals surface area contributed by atoms with Crippen LogP contribution in [0.3, 0.4) is 0 Å². The van der Waals surface area contributed by atoms with Crippen LogP contribution in [0.25, 0.3) is 33.6 Å². The average Bonchev–Trinajstić information content (AvgIpc) is 3.17. The topological polar surface area (TPSA) is 64.4 Å². The van der Waals surface area contributed by atoms with Crippen molar-refractivity contribution in [3.8, 4) is 22.8 Å². The van der Waals surface area contributed by atoms with Gasteiger partial charge in [0, 0.05) is 16.5 Å². The molecule has 4 aromatic rings. The van der Waals surface area contributed by atoms with Crippen molar-refractivity contribution in [1.29, 1.82) is 0 Å². The van der Waals surface area contributed by atoms with E-state index in [1.54, 1.807) is 6.20 Å². The number of ether oxygens (including phenoxy) is 1. The lowest BCUT2D eigenvalue weighted by molar-refractivity contribution is 0.0636. The number of nitrogens with one attached hydrogen (secondary N) is 1. The molecule has 5 heteroatoms. The molecule has 0 spiro atoms. The highest BCUT2D eigenvalue weighted by atomic mass is 16.6. The molecule has 146 valence electrons. The fraction of sp³-hybridized carbons (Fsp3) is 0.167. The lowest BCUT2D eigenvalue weighted by atomic mass is 10.0. The van der Waals surface area contributed by atoms with Gasteiger partial charge in [0.15, 0.2) is 5.76 Å². The number of rotatable bonds is 3. The summed E-state index contributed by atoms with van der Waals surface area (Å²) in [6, 6.07) is 21.4. The molecule has 0 aliphatic heterocycles. The number of amides is 1. The third-order valence-corrected chi connectivity index (χ3v) is 4.33. The van der Waals surface area contributed by atoms with Gasteiger partial charge in [-0.2, -0.15) is 0 Å². The lowest BCUT2D eigenvalue weighted by Gasteiger charge is -2.20. The number of nitrogens with zero attached hydrogens (tertiary/aromatic N) is 1. The summed E-state index contributed by atoms with van der Waals surface area (Å²) in [5.41, 5.74) is 1.83. The molecule has 4 rings (SSSR count). The largest absolute Gasteiger partial charge is 0.444 e. The van der Waals surface area contributed by atoms with Crippen LogP contribution >= 0.6 is 0 Å². The Morgan fingerprint density at radius 3 is 2.41 bits per heavy atom. The first-order chi connectivity index (χ1) is 13.9. The van der Waals surface area contributed by atoms with E-state index in [0.29, 0.717) is 17.3 Å². The molecular weight excluding hydrogens is 364 g/mol. The molecule has 0 radical (unpaired) electrons. The van der Waals surface area contributed by atoms with Gasteiger partial charge >= 0.3 is 6.09 Å². The van der Waals surface area contributed by atoms with Crippen LogP contribution in [0.15, 0.2) is 77.3 Å². The van der Waals surface area contributed by atoms with Gasteiger partial charge in [0.2, 0.25) is 5.89 Å². The Labute approximate surface area is 169 Å². The molecule has 1 N–H and O–H groups in total. The predicted molar refractivity (Wildman–Crippen MR) is 115 cm³/mol. The smallest absolute Gasteiger partial charge is 0.412 e. The molecule has 0 fully saturated rings. The van der Waals surface area contributed by atoms with Crippen LogP contribution in [0, 0.1) is 0 Å². The van der Waals surface area contributed by atoms with E-state index in [2.05, 4.69) is 10.3 Å². The summed E-state index contributed by atoms with van der Waals surface area (Å²) in [6.07, 6.45) is 1.21. The molecule has 0 aliphatic rings. The fourth-order valence-electron chi connectivity index (χ4n) is 3.17. The van der Waals surface area contributed by atoms with Crippen molar-refractivity contribution in [3.05, 3.63) is 72.9 Å². The first-order valence-electron chi connectivity index (χ1n) is 9.44. The number of anilines is 1. The Bertz CT molecular complexity index is 1150. The van der Waals surface area contributed by atoms with Gasteiger partial charge in [-0.05, 0) is 38.3 Å². The van der Waals surface area contributed by atoms with E-state index in [9.17, 15) is 4.79 Å². The monoisotopic (exact) mass is 386 g/mol. The Morgan fingerprint density at radius 1 is 0.966 bits per heavy atom. The Hall–Kier alpha value is -3.60. The van der Waals surface area contributed by atoms with Crippen LogP contribution in [0.1, 0.15) is 20.8 Å². The first-order valence-corrected chi connectivity index (χ1v) is 9.44. The van der Waals surface area contributed by atoms with Crippen LogP contribution in [0.5, 0.6) is 0 Å². The maximum Gasteiger partial charge on any atom is 0.412 e. The van der Waals surface area contributed by atoms with Gasteiger partial charge in [-0.15, -0.1) is 0 Å². The summed E-state index contributed by atoms with van der Waals surface area (Å²) in [5, 5.41) is 4.68. The SMILES string of the molecule is CC(C)(C)OC(=O)Nc1cccc2cccc(-c3ncc(-c4ccccc4)o3)c12. The minimum absolute atomic E-state index is 0.493. The van der Waals surface area contributed by atoms with Crippen molar-refractivity contribution in [1.82, 2.24) is 4.98 Å². The van der Waals surface area contributed by atoms with Crippen LogP contribution in [-0.2, 0) is 4.74 Å². The molecule has 0 atom stereocenters. The molecule has 0 unspecified atom stereocenters. The Balaban J connectivity index is 1.76. The summed E-state index contributed by atoms with van der Waals surface area (Å²) >= 11 is 0. The zero-order chi connectivity index (χ0) is 20.4. The molecule has 0 saturated heterocycles. The number of aromatic nitrogens is 1. The molecule has 1 aromatic heterocycles. The van der Waals surface area contributed by atoms with E-state index >= 15 is 0 Å². The maximum absolute atomic E-state index is 12.3. The summed E-state index contributed by atoms with van der Waals surface area (Å²) in [4.78, 5) is 16.8.